The van der Waals surface area contributed by atoms with Gasteiger partial charge in [-0.2, -0.15) is 0 Å². The number of amides is 1. The van der Waals surface area contributed by atoms with Crippen LogP contribution in [-0.2, 0) is 0 Å². The van der Waals surface area contributed by atoms with Crippen LogP contribution >= 0.6 is 15.9 Å². The van der Waals surface area contributed by atoms with E-state index in [1.54, 1.807) is 6.07 Å². The highest BCUT2D eigenvalue weighted by atomic mass is 79.9. The van der Waals surface area contributed by atoms with Crippen molar-refractivity contribution in [1.82, 2.24) is 9.97 Å². The zero-order valence-corrected chi connectivity index (χ0v) is 11.4. The highest BCUT2D eigenvalue weighted by molar-refractivity contribution is 9.10. The number of carbonyl (C=O) groups is 1. The van der Waals surface area contributed by atoms with Gasteiger partial charge in [0.1, 0.15) is 17.8 Å². The number of aromatic nitrogens is 2. The molecule has 0 aliphatic carbocycles. The molecule has 0 saturated carbocycles. The SMILES string of the molecule is COc1cc(C(=O)Nc2ccc(Br)cc2F)ncn1. The minimum absolute atomic E-state index is 0.0748. The van der Waals surface area contributed by atoms with Gasteiger partial charge in [-0.15, -0.1) is 0 Å². The van der Waals surface area contributed by atoms with E-state index in [1.807, 2.05) is 0 Å². The molecule has 7 heteroatoms. The van der Waals surface area contributed by atoms with E-state index in [0.717, 1.165) is 0 Å². The maximum absolute atomic E-state index is 13.6. The summed E-state index contributed by atoms with van der Waals surface area (Å²) in [6, 6.07) is 5.71. The first-order valence-electron chi connectivity index (χ1n) is 5.22. The number of ether oxygens (including phenoxy) is 1. The van der Waals surface area contributed by atoms with Gasteiger partial charge in [-0.3, -0.25) is 4.79 Å². The van der Waals surface area contributed by atoms with Crippen molar-refractivity contribution in [1.29, 1.82) is 0 Å². The van der Waals surface area contributed by atoms with Crippen molar-refractivity contribution in [3.05, 3.63) is 46.6 Å². The first-order chi connectivity index (χ1) is 9.10. The Morgan fingerprint density at radius 3 is 2.84 bits per heavy atom. The summed E-state index contributed by atoms with van der Waals surface area (Å²) >= 11 is 3.14. The summed E-state index contributed by atoms with van der Waals surface area (Å²) in [6.07, 6.45) is 1.20. The fourth-order valence-corrected chi connectivity index (χ4v) is 1.69. The van der Waals surface area contributed by atoms with Gasteiger partial charge in [0.2, 0.25) is 5.88 Å². The largest absolute Gasteiger partial charge is 0.481 e. The molecule has 1 N–H and O–H groups in total. The van der Waals surface area contributed by atoms with Crippen LogP contribution in [0.5, 0.6) is 5.88 Å². The van der Waals surface area contributed by atoms with Crippen LogP contribution in [0.25, 0.3) is 0 Å². The number of benzene rings is 1. The van der Waals surface area contributed by atoms with Gasteiger partial charge in [-0.25, -0.2) is 14.4 Å². The zero-order valence-electron chi connectivity index (χ0n) is 9.85. The van der Waals surface area contributed by atoms with Crippen molar-refractivity contribution < 1.29 is 13.9 Å². The molecule has 0 aliphatic heterocycles. The van der Waals surface area contributed by atoms with Crippen molar-refractivity contribution in [2.75, 3.05) is 12.4 Å². The van der Waals surface area contributed by atoms with Gasteiger partial charge < -0.3 is 10.1 Å². The number of hydrogen-bond donors (Lipinski definition) is 1. The van der Waals surface area contributed by atoms with Crippen molar-refractivity contribution in [3.63, 3.8) is 0 Å². The highest BCUT2D eigenvalue weighted by Crippen LogP contribution is 2.20. The summed E-state index contributed by atoms with van der Waals surface area (Å²) in [6.45, 7) is 0. The molecule has 2 aromatic rings. The molecular weight excluding hydrogens is 317 g/mol. The van der Waals surface area contributed by atoms with Crippen LogP contribution in [0.4, 0.5) is 10.1 Å². The number of methoxy groups -OCH3 is 1. The fraction of sp³-hybridized carbons (Fsp3) is 0.0833. The first-order valence-corrected chi connectivity index (χ1v) is 6.02. The van der Waals surface area contributed by atoms with E-state index >= 15 is 0 Å². The summed E-state index contributed by atoms with van der Waals surface area (Å²) in [4.78, 5) is 19.5. The molecule has 19 heavy (non-hydrogen) atoms. The van der Waals surface area contributed by atoms with Crippen molar-refractivity contribution in [2.45, 2.75) is 0 Å². The number of anilines is 1. The summed E-state index contributed by atoms with van der Waals surface area (Å²) in [5, 5.41) is 2.42. The molecule has 1 amide bonds. The Labute approximate surface area is 117 Å². The van der Waals surface area contributed by atoms with Gasteiger partial charge >= 0.3 is 0 Å². The third kappa shape index (κ3) is 3.25. The van der Waals surface area contributed by atoms with Gasteiger partial charge in [0, 0.05) is 10.5 Å². The molecule has 0 unspecified atom stereocenters. The van der Waals surface area contributed by atoms with Crippen LogP contribution in [0.3, 0.4) is 0 Å². The summed E-state index contributed by atoms with van der Waals surface area (Å²) in [7, 11) is 1.43. The smallest absolute Gasteiger partial charge is 0.274 e. The molecule has 98 valence electrons. The molecule has 0 aliphatic rings. The second-order valence-corrected chi connectivity index (χ2v) is 4.44. The third-order valence-electron chi connectivity index (χ3n) is 2.26. The standard InChI is InChI=1S/C12H9BrFN3O2/c1-19-11-5-10(15-6-16-11)12(18)17-9-3-2-7(13)4-8(9)14/h2-6H,1H3,(H,17,18). The van der Waals surface area contributed by atoms with Gasteiger partial charge in [0.25, 0.3) is 5.91 Å². The van der Waals surface area contributed by atoms with E-state index in [9.17, 15) is 9.18 Å². The molecule has 1 aromatic carbocycles. The molecule has 0 atom stereocenters. The molecule has 0 spiro atoms. The fourth-order valence-electron chi connectivity index (χ4n) is 1.35. The van der Waals surface area contributed by atoms with Crippen molar-refractivity contribution >= 4 is 27.5 Å². The lowest BCUT2D eigenvalue weighted by Gasteiger charge is -2.06. The monoisotopic (exact) mass is 325 g/mol. The van der Waals surface area contributed by atoms with E-state index in [1.165, 1.54) is 31.6 Å². The Balaban J connectivity index is 2.20. The number of nitrogens with one attached hydrogen (secondary N) is 1. The number of carbonyl (C=O) groups excluding carboxylic acids is 1. The Morgan fingerprint density at radius 2 is 2.16 bits per heavy atom. The van der Waals surface area contributed by atoms with Crippen LogP contribution < -0.4 is 10.1 Å². The average Bonchev–Trinajstić information content (AvgIpc) is 2.42. The number of hydrogen-bond acceptors (Lipinski definition) is 4. The Morgan fingerprint density at radius 1 is 1.37 bits per heavy atom. The Kier molecular flexibility index (Phi) is 4.06. The third-order valence-corrected chi connectivity index (χ3v) is 2.76. The van der Waals surface area contributed by atoms with E-state index < -0.39 is 11.7 Å². The van der Waals surface area contributed by atoms with E-state index in [4.69, 9.17) is 4.74 Å². The van der Waals surface area contributed by atoms with Crippen LogP contribution in [-0.4, -0.2) is 23.0 Å². The minimum Gasteiger partial charge on any atom is -0.481 e. The molecule has 1 heterocycles. The van der Waals surface area contributed by atoms with E-state index in [-0.39, 0.29) is 17.3 Å². The van der Waals surface area contributed by atoms with Crippen LogP contribution in [0.1, 0.15) is 10.5 Å². The lowest BCUT2D eigenvalue weighted by molar-refractivity contribution is 0.102. The van der Waals surface area contributed by atoms with Crippen molar-refractivity contribution in [2.24, 2.45) is 0 Å². The predicted molar refractivity (Wildman–Crippen MR) is 70.6 cm³/mol. The zero-order chi connectivity index (χ0) is 13.8. The highest BCUT2D eigenvalue weighted by Gasteiger charge is 2.12. The number of nitrogens with zero attached hydrogens (tertiary/aromatic N) is 2. The molecule has 5 nitrogen and oxygen atoms in total. The molecule has 0 fully saturated rings. The maximum atomic E-state index is 13.6. The number of halogens is 2. The average molecular weight is 326 g/mol. The van der Waals surface area contributed by atoms with Gasteiger partial charge in [0.05, 0.1) is 12.8 Å². The van der Waals surface area contributed by atoms with Gasteiger partial charge in [-0.1, -0.05) is 15.9 Å². The van der Waals surface area contributed by atoms with E-state index in [2.05, 4.69) is 31.2 Å². The molecule has 0 bridgehead atoms. The maximum Gasteiger partial charge on any atom is 0.274 e. The molecule has 2 rings (SSSR count). The Hall–Kier alpha value is -2.02. The quantitative estimate of drug-likeness (QED) is 0.942. The van der Waals surface area contributed by atoms with E-state index in [0.29, 0.717) is 4.47 Å². The van der Waals surface area contributed by atoms with Gasteiger partial charge in [0.15, 0.2) is 0 Å². The summed E-state index contributed by atoms with van der Waals surface area (Å²) in [5.74, 6) is -0.818. The van der Waals surface area contributed by atoms with Gasteiger partial charge in [-0.05, 0) is 18.2 Å². The van der Waals surface area contributed by atoms with Crippen molar-refractivity contribution in [3.8, 4) is 5.88 Å². The second kappa shape index (κ2) is 5.75. The first kappa shape index (κ1) is 13.4. The van der Waals surface area contributed by atoms with Crippen LogP contribution in [0, 0.1) is 5.82 Å². The predicted octanol–water partition coefficient (Wildman–Crippen LogP) is 2.64. The Bertz CT molecular complexity index is 622. The normalized spacial score (nSPS) is 10.1. The lowest BCUT2D eigenvalue weighted by Crippen LogP contribution is -2.15. The second-order valence-electron chi connectivity index (χ2n) is 3.52. The molecule has 1 aromatic heterocycles. The molecule has 0 radical (unpaired) electrons. The molecular formula is C12H9BrFN3O2. The number of rotatable bonds is 3. The molecule has 0 saturated heterocycles. The topological polar surface area (TPSA) is 64.1 Å². The minimum atomic E-state index is -0.540. The van der Waals surface area contributed by atoms with Crippen LogP contribution in [0.2, 0.25) is 0 Å². The lowest BCUT2D eigenvalue weighted by atomic mass is 10.3. The summed E-state index contributed by atoms with van der Waals surface area (Å²) in [5.41, 5.74) is 0.167. The summed E-state index contributed by atoms with van der Waals surface area (Å²) < 4.78 is 19.0. The van der Waals surface area contributed by atoms with Crippen LogP contribution in [0.15, 0.2) is 35.1 Å².